The third kappa shape index (κ3) is 4.36. The van der Waals surface area contributed by atoms with E-state index in [9.17, 15) is 13.6 Å². The largest absolute Gasteiger partial charge is 0.493 e. The SMILES string of the molecule is COc1cc(/C=C/C(=O)NC(C)c2ccc(F)cc2F)cc2c1OCCO2. The standard InChI is InChI=1S/C20H19F2NO4/c1-12(15-5-4-14(21)11-16(15)22)23-19(24)6-3-13-9-17(25-2)20-18(10-13)26-7-8-27-20/h3-6,9-12H,7-8H2,1-2H3,(H,23,24)/b6-3+. The molecular formula is C20H19F2NO4. The van der Waals surface area contributed by atoms with E-state index < -0.39 is 23.6 Å². The van der Waals surface area contributed by atoms with Gasteiger partial charge in [0, 0.05) is 17.7 Å². The third-order valence-electron chi connectivity index (χ3n) is 4.07. The zero-order valence-electron chi connectivity index (χ0n) is 14.9. The maximum absolute atomic E-state index is 13.8. The van der Waals surface area contributed by atoms with Crippen molar-refractivity contribution in [3.05, 3.63) is 59.2 Å². The summed E-state index contributed by atoms with van der Waals surface area (Å²) in [5.74, 6) is -0.201. The van der Waals surface area contributed by atoms with E-state index in [1.165, 1.54) is 19.3 Å². The molecule has 1 N–H and O–H groups in total. The number of nitrogens with one attached hydrogen (secondary N) is 1. The quantitative estimate of drug-likeness (QED) is 0.811. The van der Waals surface area contributed by atoms with E-state index in [1.807, 2.05) is 0 Å². The Morgan fingerprint density at radius 2 is 2.00 bits per heavy atom. The Bertz CT molecular complexity index is 865. The van der Waals surface area contributed by atoms with Crippen LogP contribution in [-0.4, -0.2) is 26.2 Å². The highest BCUT2D eigenvalue weighted by Crippen LogP contribution is 2.40. The van der Waals surface area contributed by atoms with Gasteiger partial charge in [0.15, 0.2) is 11.5 Å². The summed E-state index contributed by atoms with van der Waals surface area (Å²) in [6.45, 7) is 2.50. The van der Waals surface area contributed by atoms with E-state index >= 15 is 0 Å². The van der Waals surface area contributed by atoms with E-state index in [1.54, 1.807) is 25.1 Å². The van der Waals surface area contributed by atoms with Crippen LogP contribution in [0.15, 0.2) is 36.4 Å². The van der Waals surface area contributed by atoms with Crippen molar-refractivity contribution >= 4 is 12.0 Å². The van der Waals surface area contributed by atoms with Gasteiger partial charge < -0.3 is 19.5 Å². The first-order valence-corrected chi connectivity index (χ1v) is 8.39. The second-order valence-electron chi connectivity index (χ2n) is 5.98. The van der Waals surface area contributed by atoms with Gasteiger partial charge in [0.25, 0.3) is 0 Å². The number of rotatable bonds is 5. The molecule has 1 unspecified atom stereocenters. The van der Waals surface area contributed by atoms with E-state index in [0.717, 1.165) is 12.1 Å². The summed E-state index contributed by atoms with van der Waals surface area (Å²) in [6.07, 6.45) is 2.91. The van der Waals surface area contributed by atoms with Gasteiger partial charge >= 0.3 is 0 Å². The van der Waals surface area contributed by atoms with Crippen LogP contribution in [0, 0.1) is 11.6 Å². The minimum absolute atomic E-state index is 0.208. The van der Waals surface area contributed by atoms with Crippen LogP contribution < -0.4 is 19.5 Å². The van der Waals surface area contributed by atoms with Crippen LogP contribution >= 0.6 is 0 Å². The smallest absolute Gasteiger partial charge is 0.244 e. The van der Waals surface area contributed by atoms with E-state index in [4.69, 9.17) is 14.2 Å². The number of amides is 1. The number of carbonyl (C=O) groups excluding carboxylic acids is 1. The lowest BCUT2D eigenvalue weighted by Gasteiger charge is -2.21. The lowest BCUT2D eigenvalue weighted by Crippen LogP contribution is -2.25. The molecule has 0 fully saturated rings. The second kappa shape index (κ2) is 8.07. The maximum atomic E-state index is 13.8. The molecule has 1 heterocycles. The molecule has 27 heavy (non-hydrogen) atoms. The van der Waals surface area contributed by atoms with Crippen molar-refractivity contribution in [2.75, 3.05) is 20.3 Å². The highest BCUT2D eigenvalue weighted by Gasteiger charge is 2.18. The number of methoxy groups -OCH3 is 1. The maximum Gasteiger partial charge on any atom is 0.244 e. The van der Waals surface area contributed by atoms with E-state index in [0.29, 0.717) is 36.0 Å². The van der Waals surface area contributed by atoms with Gasteiger partial charge in [-0.2, -0.15) is 0 Å². The molecule has 1 amide bonds. The van der Waals surface area contributed by atoms with Gasteiger partial charge in [-0.1, -0.05) is 6.07 Å². The monoisotopic (exact) mass is 375 g/mol. The lowest BCUT2D eigenvalue weighted by molar-refractivity contribution is -0.117. The lowest BCUT2D eigenvalue weighted by atomic mass is 10.1. The average molecular weight is 375 g/mol. The number of ether oxygens (including phenoxy) is 3. The summed E-state index contributed by atoms with van der Waals surface area (Å²) in [5, 5.41) is 2.64. The Labute approximate surface area is 155 Å². The molecule has 0 saturated heterocycles. The van der Waals surface area contributed by atoms with Crippen LogP contribution in [0.25, 0.3) is 6.08 Å². The molecule has 1 aliphatic heterocycles. The van der Waals surface area contributed by atoms with Crippen molar-refractivity contribution in [1.29, 1.82) is 0 Å². The van der Waals surface area contributed by atoms with Gasteiger partial charge in [0.1, 0.15) is 24.8 Å². The van der Waals surface area contributed by atoms with Gasteiger partial charge in [-0.15, -0.1) is 0 Å². The number of hydrogen-bond donors (Lipinski definition) is 1. The summed E-state index contributed by atoms with van der Waals surface area (Å²) >= 11 is 0. The van der Waals surface area contributed by atoms with Gasteiger partial charge in [-0.25, -0.2) is 8.78 Å². The van der Waals surface area contributed by atoms with Crippen LogP contribution in [0.2, 0.25) is 0 Å². The fourth-order valence-corrected chi connectivity index (χ4v) is 2.75. The predicted octanol–water partition coefficient (Wildman–Crippen LogP) is 3.64. The van der Waals surface area contributed by atoms with Gasteiger partial charge in [0.2, 0.25) is 11.7 Å². The zero-order chi connectivity index (χ0) is 19.4. The molecule has 1 atom stereocenters. The third-order valence-corrected chi connectivity index (χ3v) is 4.07. The molecule has 0 spiro atoms. The van der Waals surface area contributed by atoms with Crippen LogP contribution in [-0.2, 0) is 4.79 Å². The first-order chi connectivity index (χ1) is 13.0. The van der Waals surface area contributed by atoms with E-state index in [2.05, 4.69) is 5.32 Å². The summed E-state index contributed by atoms with van der Waals surface area (Å²) < 4.78 is 43.2. The Morgan fingerprint density at radius 3 is 2.74 bits per heavy atom. The van der Waals surface area contributed by atoms with E-state index in [-0.39, 0.29) is 5.56 Å². The molecule has 2 aromatic rings. The predicted molar refractivity (Wildman–Crippen MR) is 95.9 cm³/mol. The Morgan fingerprint density at radius 1 is 1.22 bits per heavy atom. The molecule has 0 saturated carbocycles. The zero-order valence-corrected chi connectivity index (χ0v) is 14.9. The molecule has 0 aromatic heterocycles. The molecular weight excluding hydrogens is 356 g/mol. The normalized spacial score (nSPS) is 14.1. The van der Waals surface area contributed by atoms with Crippen molar-refractivity contribution in [1.82, 2.24) is 5.32 Å². The Hall–Kier alpha value is -3.09. The van der Waals surface area contributed by atoms with Crippen molar-refractivity contribution in [3.8, 4) is 17.2 Å². The highest BCUT2D eigenvalue weighted by molar-refractivity contribution is 5.92. The summed E-state index contributed by atoms with van der Waals surface area (Å²) in [7, 11) is 1.52. The highest BCUT2D eigenvalue weighted by atomic mass is 19.1. The number of fused-ring (bicyclic) bond motifs is 1. The molecule has 7 heteroatoms. The molecule has 0 bridgehead atoms. The molecule has 0 radical (unpaired) electrons. The molecule has 3 rings (SSSR count). The minimum atomic E-state index is -0.705. The van der Waals surface area contributed by atoms with Crippen molar-refractivity contribution in [2.45, 2.75) is 13.0 Å². The van der Waals surface area contributed by atoms with Crippen molar-refractivity contribution in [2.24, 2.45) is 0 Å². The topological polar surface area (TPSA) is 56.8 Å². The Kier molecular flexibility index (Phi) is 5.59. The average Bonchev–Trinajstić information content (AvgIpc) is 2.65. The molecule has 5 nitrogen and oxygen atoms in total. The van der Waals surface area contributed by atoms with Gasteiger partial charge in [-0.3, -0.25) is 4.79 Å². The molecule has 142 valence electrons. The van der Waals surface area contributed by atoms with Crippen LogP contribution in [0.3, 0.4) is 0 Å². The minimum Gasteiger partial charge on any atom is -0.493 e. The molecule has 1 aliphatic rings. The number of hydrogen-bond acceptors (Lipinski definition) is 4. The van der Waals surface area contributed by atoms with Gasteiger partial charge in [-0.05, 0) is 36.8 Å². The van der Waals surface area contributed by atoms with Crippen molar-refractivity contribution < 1.29 is 27.8 Å². The van der Waals surface area contributed by atoms with Crippen LogP contribution in [0.5, 0.6) is 17.2 Å². The number of halogens is 2. The first-order valence-electron chi connectivity index (χ1n) is 8.39. The molecule has 0 aliphatic carbocycles. The number of benzene rings is 2. The first kappa shape index (κ1) is 18.7. The van der Waals surface area contributed by atoms with Gasteiger partial charge in [0.05, 0.1) is 13.2 Å². The molecule has 2 aromatic carbocycles. The fourth-order valence-electron chi connectivity index (χ4n) is 2.75. The Balaban J connectivity index is 1.71. The van der Waals surface area contributed by atoms with Crippen LogP contribution in [0.1, 0.15) is 24.1 Å². The second-order valence-corrected chi connectivity index (χ2v) is 5.98. The van der Waals surface area contributed by atoms with Crippen molar-refractivity contribution in [3.63, 3.8) is 0 Å². The summed E-state index contributed by atoms with van der Waals surface area (Å²) in [5.41, 5.74) is 0.894. The number of carbonyl (C=O) groups is 1. The summed E-state index contributed by atoms with van der Waals surface area (Å²) in [6, 6.07) is 6.10. The van der Waals surface area contributed by atoms with Crippen LogP contribution in [0.4, 0.5) is 8.78 Å². The fraction of sp³-hybridized carbons (Fsp3) is 0.250. The summed E-state index contributed by atoms with van der Waals surface area (Å²) in [4.78, 5) is 12.1.